The molecule has 1 atom stereocenters. The van der Waals surface area contributed by atoms with Gasteiger partial charge >= 0.3 is 0 Å². The van der Waals surface area contributed by atoms with Gasteiger partial charge < -0.3 is 20.5 Å². The number of aryl methyl sites for hydroxylation is 1. The largest absolute Gasteiger partial charge is 0.495 e. The molecule has 160 valence electrons. The van der Waals surface area contributed by atoms with Crippen molar-refractivity contribution in [2.75, 3.05) is 25.6 Å². The molecule has 1 aliphatic rings. The standard InChI is InChI=1S/C20H21F3N4O3/c1-3-11-6-13(29-2)8-25-17(11)18(28)26-12-4-5-15(21)14(7-12)20(19(22)23)10-30-9-16(24)27-20/h4-8,19H,3,9-10H2,1-2H3,(H2,24,27)(H,26,28)/t20-/m0/s1. The molecule has 7 nitrogen and oxygen atoms in total. The SMILES string of the molecule is CCc1cc(OC)cnc1C(=O)Nc1ccc(F)c([C@]2(C(F)F)COCC(N)=N2)c1. The number of anilines is 1. The van der Waals surface area contributed by atoms with Crippen LogP contribution in [0.5, 0.6) is 5.75 Å². The second kappa shape index (κ2) is 8.70. The molecule has 3 rings (SSSR count). The zero-order valence-electron chi connectivity index (χ0n) is 16.4. The highest BCUT2D eigenvalue weighted by Crippen LogP contribution is 2.38. The van der Waals surface area contributed by atoms with Crippen LogP contribution in [0, 0.1) is 5.82 Å². The fourth-order valence-corrected chi connectivity index (χ4v) is 3.20. The van der Waals surface area contributed by atoms with E-state index in [0.29, 0.717) is 17.7 Å². The Morgan fingerprint density at radius 1 is 1.40 bits per heavy atom. The smallest absolute Gasteiger partial charge is 0.274 e. The third-order valence-corrected chi connectivity index (χ3v) is 4.74. The number of halogens is 3. The lowest BCUT2D eigenvalue weighted by Gasteiger charge is -2.33. The first-order valence-electron chi connectivity index (χ1n) is 9.15. The molecule has 0 unspecified atom stereocenters. The van der Waals surface area contributed by atoms with Gasteiger partial charge in [0, 0.05) is 11.3 Å². The number of benzene rings is 1. The molecule has 0 bridgehead atoms. The first-order chi connectivity index (χ1) is 14.3. The number of methoxy groups -OCH3 is 1. The fraction of sp³-hybridized carbons (Fsp3) is 0.350. The van der Waals surface area contributed by atoms with Crippen LogP contribution in [-0.4, -0.2) is 43.5 Å². The van der Waals surface area contributed by atoms with E-state index in [1.807, 2.05) is 6.92 Å². The second-order valence-corrected chi connectivity index (χ2v) is 6.71. The molecule has 0 radical (unpaired) electrons. The Morgan fingerprint density at radius 2 is 2.17 bits per heavy atom. The zero-order valence-corrected chi connectivity index (χ0v) is 16.4. The van der Waals surface area contributed by atoms with Crippen molar-refractivity contribution in [3.05, 3.63) is 53.1 Å². The summed E-state index contributed by atoms with van der Waals surface area (Å²) >= 11 is 0. The summed E-state index contributed by atoms with van der Waals surface area (Å²) in [5.41, 5.74) is 3.75. The number of ether oxygens (including phenoxy) is 2. The van der Waals surface area contributed by atoms with Crippen molar-refractivity contribution in [1.82, 2.24) is 4.98 Å². The summed E-state index contributed by atoms with van der Waals surface area (Å²) in [5.74, 6) is -1.14. The van der Waals surface area contributed by atoms with E-state index in [9.17, 15) is 18.0 Å². The first kappa shape index (κ1) is 21.6. The van der Waals surface area contributed by atoms with Gasteiger partial charge in [0.05, 0.1) is 19.9 Å². The van der Waals surface area contributed by atoms with Crippen molar-refractivity contribution in [3.8, 4) is 5.75 Å². The lowest BCUT2D eigenvalue weighted by molar-refractivity contribution is -0.0145. The van der Waals surface area contributed by atoms with Gasteiger partial charge in [-0.3, -0.25) is 9.79 Å². The molecule has 0 fully saturated rings. The topological polar surface area (TPSA) is 98.8 Å². The summed E-state index contributed by atoms with van der Waals surface area (Å²) in [6, 6.07) is 5.04. The molecule has 0 spiro atoms. The van der Waals surface area contributed by atoms with Crippen LogP contribution in [0.25, 0.3) is 0 Å². The lowest BCUT2D eigenvalue weighted by atomic mass is 9.90. The van der Waals surface area contributed by atoms with Crippen LogP contribution in [0.4, 0.5) is 18.9 Å². The number of rotatable bonds is 6. The Balaban J connectivity index is 1.96. The number of hydrogen-bond donors (Lipinski definition) is 2. The summed E-state index contributed by atoms with van der Waals surface area (Å²) in [6.07, 6.45) is -1.17. The minimum absolute atomic E-state index is 0.107. The summed E-state index contributed by atoms with van der Waals surface area (Å²) in [7, 11) is 1.49. The third kappa shape index (κ3) is 4.09. The summed E-state index contributed by atoms with van der Waals surface area (Å²) in [4.78, 5) is 20.6. The number of aromatic nitrogens is 1. The van der Waals surface area contributed by atoms with Gasteiger partial charge in [-0.1, -0.05) is 6.92 Å². The summed E-state index contributed by atoms with van der Waals surface area (Å²) < 4.78 is 52.6. The van der Waals surface area contributed by atoms with E-state index in [2.05, 4.69) is 15.3 Å². The van der Waals surface area contributed by atoms with Crippen molar-refractivity contribution >= 4 is 17.4 Å². The monoisotopic (exact) mass is 422 g/mol. The Bertz CT molecular complexity index is 984. The number of aliphatic imine (C=N–C) groups is 1. The summed E-state index contributed by atoms with van der Waals surface area (Å²) in [5, 5.41) is 2.57. The number of nitrogens with two attached hydrogens (primary N) is 1. The molecule has 1 aromatic carbocycles. The lowest BCUT2D eigenvalue weighted by Crippen LogP contribution is -2.45. The maximum absolute atomic E-state index is 14.5. The third-order valence-electron chi connectivity index (χ3n) is 4.74. The normalized spacial score (nSPS) is 18.8. The van der Waals surface area contributed by atoms with Crippen molar-refractivity contribution in [3.63, 3.8) is 0 Å². The molecule has 1 aromatic heterocycles. The average Bonchev–Trinajstić information content (AvgIpc) is 2.74. The van der Waals surface area contributed by atoms with Crippen molar-refractivity contribution in [1.29, 1.82) is 0 Å². The molecule has 1 amide bonds. The molecule has 30 heavy (non-hydrogen) atoms. The molecule has 2 heterocycles. The molecule has 3 N–H and O–H groups in total. The number of alkyl halides is 2. The van der Waals surface area contributed by atoms with Crippen LogP contribution in [0.3, 0.4) is 0 Å². The Morgan fingerprint density at radius 3 is 2.80 bits per heavy atom. The zero-order chi connectivity index (χ0) is 21.9. The van der Waals surface area contributed by atoms with Crippen molar-refractivity contribution < 1.29 is 27.4 Å². The molecule has 0 aliphatic carbocycles. The minimum atomic E-state index is -3.08. The first-order valence-corrected chi connectivity index (χ1v) is 9.15. The molecule has 1 aliphatic heterocycles. The van der Waals surface area contributed by atoms with Crippen LogP contribution >= 0.6 is 0 Å². The quantitative estimate of drug-likeness (QED) is 0.746. The predicted molar refractivity (Wildman–Crippen MR) is 105 cm³/mol. The Labute approximate surface area is 171 Å². The van der Waals surface area contributed by atoms with Crippen LogP contribution < -0.4 is 15.8 Å². The van der Waals surface area contributed by atoms with Crippen LogP contribution in [0.15, 0.2) is 35.5 Å². The van der Waals surface area contributed by atoms with Crippen LogP contribution in [0.1, 0.15) is 28.5 Å². The number of amidine groups is 1. The van der Waals surface area contributed by atoms with E-state index < -0.39 is 35.9 Å². The van der Waals surface area contributed by atoms with Gasteiger partial charge in [-0.2, -0.15) is 0 Å². The van der Waals surface area contributed by atoms with E-state index in [1.165, 1.54) is 19.4 Å². The van der Waals surface area contributed by atoms with Gasteiger partial charge in [-0.05, 0) is 36.2 Å². The predicted octanol–water partition coefficient (Wildman–Crippen LogP) is 2.89. The van der Waals surface area contributed by atoms with Gasteiger partial charge in [-0.15, -0.1) is 0 Å². The van der Waals surface area contributed by atoms with Gasteiger partial charge in [0.1, 0.15) is 29.7 Å². The number of hydrogen-bond acceptors (Lipinski definition) is 6. The summed E-state index contributed by atoms with van der Waals surface area (Å²) in [6.45, 7) is 1.19. The number of amides is 1. The number of nitrogens with one attached hydrogen (secondary N) is 1. The van der Waals surface area contributed by atoms with Gasteiger partial charge in [0.25, 0.3) is 12.3 Å². The van der Waals surface area contributed by atoms with Gasteiger partial charge in [0.15, 0.2) is 5.54 Å². The fourth-order valence-electron chi connectivity index (χ4n) is 3.20. The second-order valence-electron chi connectivity index (χ2n) is 6.71. The molecule has 2 aromatic rings. The number of nitrogens with zero attached hydrogens (tertiary/aromatic N) is 2. The van der Waals surface area contributed by atoms with E-state index in [-0.39, 0.29) is 23.8 Å². The minimum Gasteiger partial charge on any atom is -0.495 e. The van der Waals surface area contributed by atoms with Crippen molar-refractivity contribution in [2.24, 2.45) is 10.7 Å². The number of pyridine rings is 1. The molecular weight excluding hydrogens is 401 g/mol. The maximum atomic E-state index is 14.5. The highest BCUT2D eigenvalue weighted by Gasteiger charge is 2.46. The molecular formula is C20H21F3N4O3. The van der Waals surface area contributed by atoms with Gasteiger partial charge in [0.2, 0.25) is 0 Å². The maximum Gasteiger partial charge on any atom is 0.274 e. The van der Waals surface area contributed by atoms with Crippen molar-refractivity contribution in [2.45, 2.75) is 25.3 Å². The van der Waals surface area contributed by atoms with Gasteiger partial charge in [-0.25, -0.2) is 18.2 Å². The Hall–Kier alpha value is -3.14. The highest BCUT2D eigenvalue weighted by molar-refractivity contribution is 6.04. The molecule has 0 saturated carbocycles. The van der Waals surface area contributed by atoms with E-state index in [1.54, 1.807) is 6.07 Å². The van der Waals surface area contributed by atoms with Crippen LogP contribution in [-0.2, 0) is 16.7 Å². The van der Waals surface area contributed by atoms with E-state index >= 15 is 0 Å². The van der Waals surface area contributed by atoms with Crippen LogP contribution in [0.2, 0.25) is 0 Å². The average molecular weight is 422 g/mol. The number of carbonyl (C=O) groups excluding carboxylic acids is 1. The number of carbonyl (C=O) groups is 1. The Kier molecular flexibility index (Phi) is 6.25. The molecule has 0 saturated heterocycles. The van der Waals surface area contributed by atoms with E-state index in [4.69, 9.17) is 15.2 Å². The van der Waals surface area contributed by atoms with E-state index in [0.717, 1.165) is 12.1 Å². The highest BCUT2D eigenvalue weighted by atomic mass is 19.3. The molecule has 10 heteroatoms.